The van der Waals surface area contributed by atoms with Crippen molar-refractivity contribution >= 4 is 5.91 Å². The average Bonchev–Trinajstić information content (AvgIpc) is 2.85. The summed E-state index contributed by atoms with van der Waals surface area (Å²) >= 11 is 0. The smallest absolute Gasteiger partial charge is 0.236 e. The summed E-state index contributed by atoms with van der Waals surface area (Å²) in [5, 5.41) is 0. The minimum absolute atomic E-state index is 0.173. The molecule has 0 unspecified atom stereocenters. The Labute approximate surface area is 127 Å². The molecule has 1 saturated heterocycles. The van der Waals surface area contributed by atoms with Crippen LogP contribution < -0.4 is 0 Å². The maximum atomic E-state index is 12.5. The Hall–Kier alpha value is -1.40. The van der Waals surface area contributed by atoms with Gasteiger partial charge in [-0.25, -0.2) is 4.98 Å². The van der Waals surface area contributed by atoms with Gasteiger partial charge in [-0.15, -0.1) is 0 Å². The van der Waals surface area contributed by atoms with Gasteiger partial charge in [0, 0.05) is 45.1 Å². The molecule has 118 valence electrons. The van der Waals surface area contributed by atoms with Gasteiger partial charge in [0.1, 0.15) is 5.82 Å². The third-order valence-electron chi connectivity index (χ3n) is 4.42. The van der Waals surface area contributed by atoms with Gasteiger partial charge in [0.05, 0.1) is 12.6 Å². The number of aromatic nitrogens is 2. The molecule has 0 bridgehead atoms. The SMILES string of the molecule is CC(C)N(C)CC(=O)N1CCN(C)[C@@H](c2nccn2C)C1. The molecule has 1 atom stereocenters. The summed E-state index contributed by atoms with van der Waals surface area (Å²) < 4.78 is 2.04. The molecule has 0 aromatic carbocycles. The summed E-state index contributed by atoms with van der Waals surface area (Å²) in [6.07, 6.45) is 3.77. The van der Waals surface area contributed by atoms with E-state index in [2.05, 4.69) is 35.7 Å². The first-order valence-corrected chi connectivity index (χ1v) is 7.55. The second-order valence-corrected chi connectivity index (χ2v) is 6.24. The quantitative estimate of drug-likeness (QED) is 0.814. The van der Waals surface area contributed by atoms with Gasteiger partial charge in [-0.2, -0.15) is 0 Å². The van der Waals surface area contributed by atoms with Gasteiger partial charge in [0.2, 0.25) is 5.91 Å². The number of aryl methyl sites for hydroxylation is 1. The van der Waals surface area contributed by atoms with Crippen molar-refractivity contribution in [2.24, 2.45) is 7.05 Å². The molecule has 2 rings (SSSR count). The number of hydrogen-bond acceptors (Lipinski definition) is 4. The normalized spacial score (nSPS) is 20.5. The Morgan fingerprint density at radius 1 is 1.43 bits per heavy atom. The van der Waals surface area contributed by atoms with Gasteiger partial charge >= 0.3 is 0 Å². The summed E-state index contributed by atoms with van der Waals surface area (Å²) in [5.74, 6) is 1.23. The molecule has 1 aliphatic rings. The standard InChI is InChI=1S/C15H27N5O/c1-12(2)19(5)11-14(21)20-9-8-17(3)13(10-20)15-16-6-7-18(15)4/h6-7,12-13H,8-11H2,1-5H3/t13-/m1/s1. The number of piperazine rings is 1. The van der Waals surface area contributed by atoms with E-state index in [0.29, 0.717) is 19.1 Å². The Bertz CT molecular complexity index is 484. The zero-order chi connectivity index (χ0) is 15.6. The lowest BCUT2D eigenvalue weighted by molar-refractivity contribution is -0.135. The van der Waals surface area contributed by atoms with E-state index >= 15 is 0 Å². The highest BCUT2D eigenvalue weighted by atomic mass is 16.2. The zero-order valence-electron chi connectivity index (χ0n) is 13.8. The fourth-order valence-electron chi connectivity index (χ4n) is 2.57. The van der Waals surface area contributed by atoms with Gasteiger partial charge < -0.3 is 9.47 Å². The topological polar surface area (TPSA) is 44.6 Å². The fourth-order valence-corrected chi connectivity index (χ4v) is 2.57. The van der Waals surface area contributed by atoms with Crippen LogP contribution in [0.3, 0.4) is 0 Å². The lowest BCUT2D eigenvalue weighted by atomic mass is 10.1. The third kappa shape index (κ3) is 3.63. The van der Waals surface area contributed by atoms with Crippen LogP contribution in [0.2, 0.25) is 0 Å². The Balaban J connectivity index is 2.04. The van der Waals surface area contributed by atoms with Crippen LogP contribution in [-0.4, -0.2) is 76.5 Å². The van der Waals surface area contributed by atoms with Crippen molar-refractivity contribution in [2.45, 2.75) is 25.9 Å². The predicted octanol–water partition coefficient (Wildman–Crippen LogP) is 0.575. The van der Waals surface area contributed by atoms with Crippen LogP contribution in [0.4, 0.5) is 0 Å². The Morgan fingerprint density at radius 2 is 2.14 bits per heavy atom. The van der Waals surface area contributed by atoms with Gasteiger partial charge in [-0.1, -0.05) is 0 Å². The summed E-state index contributed by atoms with van der Waals surface area (Å²) in [7, 11) is 6.10. The summed E-state index contributed by atoms with van der Waals surface area (Å²) in [6, 6.07) is 0.554. The highest BCUT2D eigenvalue weighted by Gasteiger charge is 2.30. The minimum Gasteiger partial charge on any atom is -0.338 e. The summed E-state index contributed by atoms with van der Waals surface area (Å²) in [4.78, 5) is 23.2. The second kappa shape index (κ2) is 6.58. The van der Waals surface area contributed by atoms with Crippen LogP contribution in [0.1, 0.15) is 25.7 Å². The first kappa shape index (κ1) is 16.0. The van der Waals surface area contributed by atoms with Gasteiger partial charge in [0.15, 0.2) is 0 Å². The van der Waals surface area contributed by atoms with Crippen molar-refractivity contribution < 1.29 is 4.79 Å². The predicted molar refractivity (Wildman–Crippen MR) is 82.9 cm³/mol. The maximum absolute atomic E-state index is 12.5. The highest BCUT2D eigenvalue weighted by molar-refractivity contribution is 5.78. The van der Waals surface area contributed by atoms with Gasteiger partial charge in [-0.05, 0) is 27.9 Å². The van der Waals surface area contributed by atoms with Gasteiger partial charge in [0.25, 0.3) is 0 Å². The van der Waals surface area contributed by atoms with E-state index in [4.69, 9.17) is 0 Å². The van der Waals surface area contributed by atoms with E-state index in [1.54, 1.807) is 0 Å². The van der Waals surface area contributed by atoms with E-state index < -0.39 is 0 Å². The van der Waals surface area contributed by atoms with Crippen LogP contribution in [0.5, 0.6) is 0 Å². The maximum Gasteiger partial charge on any atom is 0.236 e. The molecule has 6 nitrogen and oxygen atoms in total. The van der Waals surface area contributed by atoms with Crippen molar-refractivity contribution in [1.82, 2.24) is 24.3 Å². The van der Waals surface area contributed by atoms with E-state index in [1.165, 1.54) is 0 Å². The lowest BCUT2D eigenvalue weighted by Crippen LogP contribution is -2.52. The minimum atomic E-state index is 0.173. The molecule has 0 spiro atoms. The van der Waals surface area contributed by atoms with E-state index in [1.807, 2.05) is 36.0 Å². The molecule has 0 N–H and O–H groups in total. The lowest BCUT2D eigenvalue weighted by Gasteiger charge is -2.39. The number of carbonyl (C=O) groups excluding carboxylic acids is 1. The first-order chi connectivity index (χ1) is 9.90. The Morgan fingerprint density at radius 3 is 2.71 bits per heavy atom. The van der Waals surface area contributed by atoms with Crippen molar-refractivity contribution in [3.8, 4) is 0 Å². The van der Waals surface area contributed by atoms with Crippen LogP contribution >= 0.6 is 0 Å². The monoisotopic (exact) mass is 293 g/mol. The summed E-state index contributed by atoms with van der Waals surface area (Å²) in [6.45, 7) is 7.08. The average molecular weight is 293 g/mol. The highest BCUT2D eigenvalue weighted by Crippen LogP contribution is 2.22. The molecule has 1 aliphatic heterocycles. The number of likely N-dealkylation sites (N-methyl/N-ethyl adjacent to an activating group) is 2. The number of rotatable bonds is 4. The molecule has 1 aromatic heterocycles. The summed E-state index contributed by atoms with van der Waals surface area (Å²) in [5.41, 5.74) is 0. The Kier molecular flexibility index (Phi) is 5.00. The molecular formula is C15H27N5O. The van der Waals surface area contributed by atoms with Crippen LogP contribution in [0.15, 0.2) is 12.4 Å². The number of carbonyl (C=O) groups is 1. The van der Waals surface area contributed by atoms with E-state index in [-0.39, 0.29) is 11.9 Å². The molecule has 1 amide bonds. The van der Waals surface area contributed by atoms with Crippen molar-refractivity contribution in [3.63, 3.8) is 0 Å². The number of hydrogen-bond donors (Lipinski definition) is 0. The molecular weight excluding hydrogens is 266 g/mol. The van der Waals surface area contributed by atoms with Crippen molar-refractivity contribution in [3.05, 3.63) is 18.2 Å². The number of amides is 1. The molecule has 2 heterocycles. The largest absolute Gasteiger partial charge is 0.338 e. The zero-order valence-corrected chi connectivity index (χ0v) is 13.8. The number of imidazole rings is 1. The molecule has 21 heavy (non-hydrogen) atoms. The van der Waals surface area contributed by atoms with Crippen molar-refractivity contribution in [2.75, 3.05) is 40.3 Å². The second-order valence-electron chi connectivity index (χ2n) is 6.24. The van der Waals surface area contributed by atoms with Crippen LogP contribution in [0, 0.1) is 0 Å². The van der Waals surface area contributed by atoms with Crippen LogP contribution in [0.25, 0.3) is 0 Å². The molecule has 1 fully saturated rings. The third-order valence-corrected chi connectivity index (χ3v) is 4.42. The van der Waals surface area contributed by atoms with Crippen LogP contribution in [-0.2, 0) is 11.8 Å². The van der Waals surface area contributed by atoms with E-state index in [0.717, 1.165) is 18.9 Å². The molecule has 6 heteroatoms. The van der Waals surface area contributed by atoms with E-state index in [9.17, 15) is 4.79 Å². The fraction of sp³-hybridized carbons (Fsp3) is 0.733. The van der Waals surface area contributed by atoms with Gasteiger partial charge in [-0.3, -0.25) is 14.6 Å². The molecule has 0 aliphatic carbocycles. The number of nitrogens with zero attached hydrogens (tertiary/aromatic N) is 5. The molecule has 1 aromatic rings. The first-order valence-electron chi connectivity index (χ1n) is 7.55. The van der Waals surface area contributed by atoms with Crippen molar-refractivity contribution in [1.29, 1.82) is 0 Å². The molecule has 0 radical (unpaired) electrons. The molecule has 0 saturated carbocycles.